The van der Waals surface area contributed by atoms with Gasteiger partial charge in [-0.3, -0.25) is 0 Å². The lowest BCUT2D eigenvalue weighted by atomic mass is 10.5. The summed E-state index contributed by atoms with van der Waals surface area (Å²) in [5, 5.41) is 0. The number of hydrogen-bond donors (Lipinski definition) is 0. The molecular weight excluding hydrogens is 348 g/mol. The van der Waals surface area contributed by atoms with Crippen LogP contribution in [0.4, 0.5) is 0 Å². The summed E-state index contributed by atoms with van der Waals surface area (Å²) in [6, 6.07) is 0. The maximum atomic E-state index is 6.52. The molecule has 1 aliphatic heterocycles. The van der Waals surface area contributed by atoms with Crippen LogP contribution in [0.25, 0.3) is 0 Å². The Hall–Kier alpha value is 0.668. The van der Waals surface area contributed by atoms with Crippen molar-refractivity contribution in [3.8, 4) is 0 Å². The van der Waals surface area contributed by atoms with Crippen LogP contribution in [0.5, 0.6) is 0 Å². The van der Waals surface area contributed by atoms with Gasteiger partial charge < -0.3 is 21.8 Å². The van der Waals surface area contributed by atoms with Crippen molar-refractivity contribution in [3.63, 3.8) is 0 Å². The molecule has 2 unspecified atom stereocenters. The van der Waals surface area contributed by atoms with E-state index in [2.05, 4.69) is 58.9 Å². The molecule has 1 aliphatic rings. The number of rotatable bonds is 10. The van der Waals surface area contributed by atoms with Crippen LogP contribution in [0.2, 0.25) is 58.9 Å². The van der Waals surface area contributed by atoms with Crippen LogP contribution in [0.15, 0.2) is 0 Å². The van der Waals surface area contributed by atoms with Gasteiger partial charge >= 0.3 is 17.1 Å². The summed E-state index contributed by atoms with van der Waals surface area (Å²) in [6.07, 6.45) is 0.816. The van der Waals surface area contributed by atoms with Gasteiger partial charge in [0.2, 0.25) is 0 Å². The highest BCUT2D eigenvalue weighted by Gasteiger charge is 2.45. The first kappa shape index (κ1) is 20.7. The fourth-order valence-electron chi connectivity index (χ4n) is 2.55. The third kappa shape index (κ3) is 9.73. The fourth-order valence-corrected chi connectivity index (χ4v) is 19.8. The summed E-state index contributed by atoms with van der Waals surface area (Å²) < 4.78 is 30.3. The molecule has 0 aliphatic carbocycles. The monoisotopic (exact) mass is 382 g/mol. The van der Waals surface area contributed by atoms with E-state index < -0.39 is 33.8 Å². The van der Waals surface area contributed by atoms with Gasteiger partial charge in [0.25, 0.3) is 0 Å². The first-order chi connectivity index (χ1) is 9.70. The van der Waals surface area contributed by atoms with E-state index >= 15 is 0 Å². The van der Waals surface area contributed by atoms with E-state index in [0.29, 0.717) is 12.8 Å². The van der Waals surface area contributed by atoms with E-state index in [-0.39, 0.29) is 6.10 Å². The van der Waals surface area contributed by atoms with Crippen molar-refractivity contribution in [1.29, 1.82) is 0 Å². The minimum atomic E-state index is -2.42. The molecule has 0 amide bonds. The van der Waals surface area contributed by atoms with Gasteiger partial charge in [0, 0.05) is 0 Å². The van der Waals surface area contributed by atoms with E-state index in [1.165, 1.54) is 0 Å². The highest BCUT2D eigenvalue weighted by atomic mass is 28.5. The standard InChI is InChI=1S/C13H34O5Si4/c1-19(2,3)16-21(7,8)18-22(9,17-20(4,5)6)12-14-10-13-11-15-13/h13H,10-12H2,1-9H3. The highest BCUT2D eigenvalue weighted by molar-refractivity contribution is 6.89. The molecule has 0 aromatic rings. The lowest BCUT2D eigenvalue weighted by Gasteiger charge is -2.41. The molecule has 5 nitrogen and oxygen atoms in total. The minimum Gasteiger partial charge on any atom is -0.437 e. The van der Waals surface area contributed by atoms with Crippen LogP contribution < -0.4 is 0 Å². The van der Waals surface area contributed by atoms with Crippen molar-refractivity contribution in [2.24, 2.45) is 0 Å². The molecule has 0 spiro atoms. The van der Waals surface area contributed by atoms with Crippen molar-refractivity contribution in [2.45, 2.75) is 65.0 Å². The number of epoxide rings is 1. The predicted molar refractivity (Wildman–Crippen MR) is 99.6 cm³/mol. The topological polar surface area (TPSA) is 49.5 Å². The Morgan fingerprint density at radius 1 is 0.818 bits per heavy atom. The van der Waals surface area contributed by atoms with Crippen molar-refractivity contribution in [3.05, 3.63) is 0 Å². The maximum absolute atomic E-state index is 6.52. The average molecular weight is 383 g/mol. The Morgan fingerprint density at radius 2 is 1.32 bits per heavy atom. The third-order valence-corrected chi connectivity index (χ3v) is 15.6. The largest absolute Gasteiger partial charge is 0.437 e. The fraction of sp³-hybridized carbons (Fsp3) is 1.00. The maximum Gasteiger partial charge on any atom is 0.342 e. The van der Waals surface area contributed by atoms with Gasteiger partial charge in [0.05, 0.1) is 19.4 Å². The van der Waals surface area contributed by atoms with Gasteiger partial charge in [0.1, 0.15) is 6.10 Å². The number of ether oxygens (including phenoxy) is 2. The Labute approximate surface area is 140 Å². The second-order valence-corrected chi connectivity index (χ2v) is 24.8. The Bertz CT molecular complexity index is 362. The molecule has 0 N–H and O–H groups in total. The van der Waals surface area contributed by atoms with Crippen LogP contribution in [0.1, 0.15) is 0 Å². The predicted octanol–water partition coefficient (Wildman–Crippen LogP) is 3.43. The second kappa shape index (κ2) is 7.28. The van der Waals surface area contributed by atoms with Crippen LogP contribution in [-0.2, 0) is 21.8 Å². The van der Waals surface area contributed by atoms with Crippen molar-refractivity contribution < 1.29 is 21.8 Å². The molecule has 1 rings (SSSR count). The lowest BCUT2D eigenvalue weighted by Crippen LogP contribution is -2.59. The molecule has 132 valence electrons. The highest BCUT2D eigenvalue weighted by Crippen LogP contribution is 2.24. The van der Waals surface area contributed by atoms with Crippen molar-refractivity contribution >= 4 is 33.8 Å². The zero-order valence-corrected chi connectivity index (χ0v) is 19.7. The summed E-state index contributed by atoms with van der Waals surface area (Å²) in [5.41, 5.74) is 0. The Morgan fingerprint density at radius 3 is 1.73 bits per heavy atom. The Balaban J connectivity index is 2.69. The lowest BCUT2D eigenvalue weighted by molar-refractivity contribution is 0.128. The second-order valence-electron chi connectivity index (χ2n) is 8.54. The van der Waals surface area contributed by atoms with E-state index in [1.807, 2.05) is 0 Å². The first-order valence-electron chi connectivity index (χ1n) is 8.00. The molecule has 0 radical (unpaired) electrons. The smallest absolute Gasteiger partial charge is 0.342 e. The first-order valence-corrected chi connectivity index (χ1v) is 20.2. The summed E-state index contributed by atoms with van der Waals surface area (Å²) in [7, 11) is -7.99. The van der Waals surface area contributed by atoms with Gasteiger partial charge in [-0.05, 0) is 58.9 Å². The van der Waals surface area contributed by atoms with E-state index in [9.17, 15) is 0 Å². The molecule has 0 aromatic carbocycles. The van der Waals surface area contributed by atoms with E-state index in [0.717, 1.165) is 6.61 Å². The minimum absolute atomic E-state index is 0.272. The molecule has 0 bridgehead atoms. The summed E-state index contributed by atoms with van der Waals surface area (Å²) in [6.45, 7) is 21.0. The third-order valence-electron chi connectivity index (χ3n) is 2.61. The number of hydrogen-bond acceptors (Lipinski definition) is 5. The molecule has 1 heterocycles. The SMILES string of the molecule is C[Si](C)(C)O[Si](C)(C)O[Si](C)(COCC1CO1)O[Si](C)(C)C. The van der Waals surface area contributed by atoms with Crippen LogP contribution >= 0.6 is 0 Å². The van der Waals surface area contributed by atoms with Crippen LogP contribution in [-0.4, -0.2) is 59.3 Å². The van der Waals surface area contributed by atoms with Gasteiger partial charge in [-0.2, -0.15) is 0 Å². The molecule has 1 fully saturated rings. The molecule has 1 saturated heterocycles. The normalized spacial score (nSPS) is 22.5. The quantitative estimate of drug-likeness (QED) is 0.428. The zero-order valence-electron chi connectivity index (χ0n) is 15.7. The molecule has 9 heteroatoms. The molecule has 2 atom stereocenters. The van der Waals surface area contributed by atoms with Crippen molar-refractivity contribution in [1.82, 2.24) is 0 Å². The van der Waals surface area contributed by atoms with Crippen LogP contribution in [0.3, 0.4) is 0 Å². The molecule has 22 heavy (non-hydrogen) atoms. The molecular formula is C13H34O5Si4. The summed E-state index contributed by atoms with van der Waals surface area (Å²) in [4.78, 5) is 0. The summed E-state index contributed by atoms with van der Waals surface area (Å²) in [5.74, 6) is 0. The van der Waals surface area contributed by atoms with Gasteiger partial charge in [0.15, 0.2) is 16.6 Å². The van der Waals surface area contributed by atoms with Gasteiger partial charge in [-0.25, -0.2) is 0 Å². The van der Waals surface area contributed by atoms with E-state index in [1.54, 1.807) is 0 Å². The Kier molecular flexibility index (Phi) is 6.85. The molecule has 0 saturated carbocycles. The van der Waals surface area contributed by atoms with Gasteiger partial charge in [-0.15, -0.1) is 0 Å². The molecule has 0 aromatic heterocycles. The zero-order chi connectivity index (χ0) is 17.2. The van der Waals surface area contributed by atoms with Crippen molar-refractivity contribution in [2.75, 3.05) is 19.4 Å². The average Bonchev–Trinajstić information content (AvgIpc) is 2.91. The van der Waals surface area contributed by atoms with Gasteiger partial charge in [-0.1, -0.05) is 0 Å². The van der Waals surface area contributed by atoms with E-state index in [4.69, 9.17) is 21.8 Å². The summed E-state index contributed by atoms with van der Waals surface area (Å²) >= 11 is 0. The van der Waals surface area contributed by atoms with Crippen LogP contribution in [0, 0.1) is 0 Å².